The predicted octanol–water partition coefficient (Wildman–Crippen LogP) is 4.34. The monoisotopic (exact) mass is 415 g/mol. The zero-order valence-corrected chi connectivity index (χ0v) is 17.1. The fourth-order valence-corrected chi connectivity index (χ4v) is 3.49. The van der Waals surface area contributed by atoms with E-state index >= 15 is 0 Å². The zero-order chi connectivity index (χ0) is 20.1. The molecule has 5 nitrogen and oxygen atoms in total. The van der Waals surface area contributed by atoms with Gasteiger partial charge in [-0.25, -0.2) is 0 Å². The molecule has 2 amide bonds. The van der Waals surface area contributed by atoms with Crippen LogP contribution in [0.2, 0.25) is 5.02 Å². The van der Waals surface area contributed by atoms with Gasteiger partial charge in [-0.05, 0) is 67.4 Å². The molecule has 2 aromatic carbocycles. The number of nitrogens with one attached hydrogen (secondary N) is 2. The van der Waals surface area contributed by atoms with Gasteiger partial charge in [-0.1, -0.05) is 30.7 Å². The van der Waals surface area contributed by atoms with Gasteiger partial charge in [-0.3, -0.25) is 14.9 Å². The summed E-state index contributed by atoms with van der Waals surface area (Å²) in [6.07, 6.45) is 2.06. The second kappa shape index (κ2) is 9.17. The molecule has 1 saturated heterocycles. The van der Waals surface area contributed by atoms with E-state index in [0.29, 0.717) is 27.8 Å². The molecule has 3 rings (SSSR count). The molecule has 0 saturated carbocycles. The Labute approximate surface area is 175 Å². The van der Waals surface area contributed by atoms with Crippen LogP contribution in [0, 0.1) is 5.92 Å². The molecule has 0 aromatic heterocycles. The predicted molar refractivity (Wildman–Crippen MR) is 116 cm³/mol. The van der Waals surface area contributed by atoms with Gasteiger partial charge in [0.05, 0.1) is 0 Å². The van der Waals surface area contributed by atoms with Crippen molar-refractivity contribution < 1.29 is 9.59 Å². The van der Waals surface area contributed by atoms with E-state index < -0.39 is 0 Å². The number of amides is 2. The first kappa shape index (κ1) is 20.3. The van der Waals surface area contributed by atoms with Crippen LogP contribution in [0.15, 0.2) is 48.5 Å². The van der Waals surface area contributed by atoms with Crippen LogP contribution in [0.4, 0.5) is 5.69 Å². The molecule has 7 heteroatoms. The van der Waals surface area contributed by atoms with Crippen molar-refractivity contribution in [3.05, 3.63) is 64.7 Å². The van der Waals surface area contributed by atoms with Crippen molar-refractivity contribution in [3.8, 4) is 0 Å². The molecule has 2 N–H and O–H groups in total. The minimum atomic E-state index is -0.352. The third-order valence-electron chi connectivity index (χ3n) is 4.75. The maximum atomic E-state index is 12.7. The van der Waals surface area contributed by atoms with Gasteiger partial charge in [-0.15, -0.1) is 0 Å². The fourth-order valence-electron chi connectivity index (χ4n) is 3.09. The number of carbonyl (C=O) groups is 2. The highest BCUT2D eigenvalue weighted by Gasteiger charge is 2.21. The van der Waals surface area contributed by atoms with E-state index in [1.165, 1.54) is 0 Å². The topological polar surface area (TPSA) is 61.4 Å². The van der Waals surface area contributed by atoms with Crippen molar-refractivity contribution in [2.75, 3.05) is 18.4 Å². The van der Waals surface area contributed by atoms with E-state index in [4.69, 9.17) is 23.8 Å². The third-order valence-corrected chi connectivity index (χ3v) is 5.19. The Hall–Kier alpha value is -2.44. The molecular formula is C21H22ClN3O2S. The van der Waals surface area contributed by atoms with Gasteiger partial charge in [-0.2, -0.15) is 0 Å². The number of thiocarbonyl (C=S) groups is 1. The first-order valence-corrected chi connectivity index (χ1v) is 9.98. The maximum absolute atomic E-state index is 12.7. The second-order valence-corrected chi connectivity index (χ2v) is 7.82. The molecular weight excluding hydrogens is 394 g/mol. The molecule has 0 bridgehead atoms. The normalized spacial score (nSPS) is 14.4. The number of hydrogen-bond acceptors (Lipinski definition) is 3. The molecule has 28 heavy (non-hydrogen) atoms. The van der Waals surface area contributed by atoms with Crippen LogP contribution >= 0.6 is 23.8 Å². The third kappa shape index (κ3) is 5.30. The molecule has 2 aromatic rings. The van der Waals surface area contributed by atoms with Crippen molar-refractivity contribution in [1.82, 2.24) is 10.2 Å². The van der Waals surface area contributed by atoms with Crippen LogP contribution in [0.3, 0.4) is 0 Å². The molecule has 0 aliphatic carbocycles. The second-order valence-electron chi connectivity index (χ2n) is 6.97. The maximum Gasteiger partial charge on any atom is 0.257 e. The van der Waals surface area contributed by atoms with Crippen LogP contribution in [-0.2, 0) is 0 Å². The number of piperidine rings is 1. The summed E-state index contributed by atoms with van der Waals surface area (Å²) in [5, 5.41) is 6.21. The first-order valence-electron chi connectivity index (χ1n) is 9.19. The lowest BCUT2D eigenvalue weighted by Gasteiger charge is -2.30. The van der Waals surface area contributed by atoms with E-state index in [1.54, 1.807) is 48.5 Å². The van der Waals surface area contributed by atoms with E-state index in [0.717, 1.165) is 25.9 Å². The van der Waals surface area contributed by atoms with Gasteiger partial charge in [0, 0.05) is 34.9 Å². The lowest BCUT2D eigenvalue weighted by Crippen LogP contribution is -2.38. The number of nitrogens with zero attached hydrogens (tertiary/aromatic N) is 1. The summed E-state index contributed by atoms with van der Waals surface area (Å²) in [7, 11) is 0. The van der Waals surface area contributed by atoms with Crippen LogP contribution in [-0.4, -0.2) is 34.9 Å². The number of halogens is 1. The summed E-state index contributed by atoms with van der Waals surface area (Å²) in [4.78, 5) is 26.9. The van der Waals surface area contributed by atoms with Crippen molar-refractivity contribution in [3.63, 3.8) is 0 Å². The quantitative estimate of drug-likeness (QED) is 0.732. The van der Waals surface area contributed by atoms with Crippen molar-refractivity contribution >= 4 is 46.4 Å². The highest BCUT2D eigenvalue weighted by Crippen LogP contribution is 2.19. The van der Waals surface area contributed by atoms with Crippen LogP contribution in [0.25, 0.3) is 0 Å². The molecule has 0 radical (unpaired) electrons. The Bertz CT molecular complexity index is 895. The largest absolute Gasteiger partial charge is 0.339 e. The summed E-state index contributed by atoms with van der Waals surface area (Å²) in [5.41, 5.74) is 1.66. The van der Waals surface area contributed by atoms with Crippen molar-refractivity contribution in [1.29, 1.82) is 0 Å². The van der Waals surface area contributed by atoms with Gasteiger partial charge in [0.15, 0.2) is 5.11 Å². The molecule has 1 heterocycles. The summed E-state index contributed by atoms with van der Waals surface area (Å²) in [6, 6.07) is 13.7. The Morgan fingerprint density at radius 3 is 2.46 bits per heavy atom. The van der Waals surface area contributed by atoms with Gasteiger partial charge < -0.3 is 10.2 Å². The Morgan fingerprint density at radius 2 is 1.75 bits per heavy atom. The van der Waals surface area contributed by atoms with E-state index in [-0.39, 0.29) is 16.9 Å². The summed E-state index contributed by atoms with van der Waals surface area (Å²) in [5.74, 6) is 0.330. The lowest BCUT2D eigenvalue weighted by atomic mass is 9.98. The smallest absolute Gasteiger partial charge is 0.257 e. The summed E-state index contributed by atoms with van der Waals surface area (Å²) in [6.45, 7) is 3.78. The van der Waals surface area contributed by atoms with Crippen LogP contribution in [0.5, 0.6) is 0 Å². The molecule has 0 atom stereocenters. The lowest BCUT2D eigenvalue weighted by molar-refractivity contribution is 0.0697. The van der Waals surface area contributed by atoms with Crippen LogP contribution < -0.4 is 10.6 Å². The molecule has 0 spiro atoms. The number of benzene rings is 2. The fraction of sp³-hybridized carbons (Fsp3) is 0.286. The number of likely N-dealkylation sites (tertiary alicyclic amines) is 1. The average Bonchev–Trinajstić information content (AvgIpc) is 2.68. The highest BCUT2D eigenvalue weighted by atomic mass is 35.5. The number of anilines is 1. The standard InChI is InChI=1S/C21H22ClN3O2S/c1-14-8-10-25(11-9-14)20(27)16-5-3-7-18(13-16)23-21(28)24-19(26)15-4-2-6-17(22)12-15/h2-7,12-14H,8-11H2,1H3,(H2,23,24,26,28). The van der Waals surface area contributed by atoms with Crippen LogP contribution in [0.1, 0.15) is 40.5 Å². The summed E-state index contributed by atoms with van der Waals surface area (Å²) >= 11 is 11.1. The Morgan fingerprint density at radius 1 is 1.07 bits per heavy atom. The number of carbonyl (C=O) groups excluding carboxylic acids is 2. The number of rotatable bonds is 3. The van der Waals surface area contributed by atoms with E-state index in [2.05, 4.69) is 17.6 Å². The van der Waals surface area contributed by atoms with Crippen molar-refractivity contribution in [2.45, 2.75) is 19.8 Å². The first-order chi connectivity index (χ1) is 13.4. The van der Waals surface area contributed by atoms with Gasteiger partial charge in [0.1, 0.15) is 0 Å². The Kier molecular flexibility index (Phi) is 6.65. The van der Waals surface area contributed by atoms with Gasteiger partial charge in [0.25, 0.3) is 11.8 Å². The van der Waals surface area contributed by atoms with E-state index in [1.807, 2.05) is 4.90 Å². The Balaban J connectivity index is 1.61. The SMILES string of the molecule is CC1CCN(C(=O)c2cccc(NC(=S)NC(=O)c3cccc(Cl)c3)c2)CC1. The minimum Gasteiger partial charge on any atom is -0.339 e. The van der Waals surface area contributed by atoms with Gasteiger partial charge >= 0.3 is 0 Å². The summed E-state index contributed by atoms with van der Waals surface area (Å²) < 4.78 is 0. The number of hydrogen-bond donors (Lipinski definition) is 2. The molecule has 1 aliphatic heterocycles. The highest BCUT2D eigenvalue weighted by molar-refractivity contribution is 7.80. The zero-order valence-electron chi connectivity index (χ0n) is 15.6. The minimum absolute atomic E-state index is 0.0180. The average molecular weight is 416 g/mol. The molecule has 0 unspecified atom stereocenters. The van der Waals surface area contributed by atoms with Crippen molar-refractivity contribution in [2.24, 2.45) is 5.92 Å². The molecule has 146 valence electrons. The van der Waals surface area contributed by atoms with E-state index in [9.17, 15) is 9.59 Å². The molecule has 1 fully saturated rings. The van der Waals surface area contributed by atoms with Gasteiger partial charge in [0.2, 0.25) is 0 Å². The molecule has 1 aliphatic rings.